The Bertz CT molecular complexity index is 257. The molecule has 1 N–H and O–H groups in total. The Balaban J connectivity index is 4.03. The Hall–Kier alpha value is -0.980. The third-order valence-corrected chi connectivity index (χ3v) is 3.12. The quantitative estimate of drug-likeness (QED) is 0.598. The normalized spacial score (nSPS) is 11.7. The van der Waals surface area contributed by atoms with Gasteiger partial charge in [0, 0.05) is 12.2 Å². The number of nitrogens with one attached hydrogen (secondary N) is 1. The van der Waals surface area contributed by atoms with Crippen LogP contribution in [0.5, 0.6) is 0 Å². The molecule has 0 saturated heterocycles. The third-order valence-electron chi connectivity index (χ3n) is 3.12. The number of hydrogen-bond donors (Lipinski definition) is 1. The maximum Gasteiger partial charge on any atom is 0.0339 e. The van der Waals surface area contributed by atoms with Crippen LogP contribution in [0.15, 0.2) is 36.1 Å². The van der Waals surface area contributed by atoms with Gasteiger partial charge in [-0.1, -0.05) is 45.9 Å². The van der Waals surface area contributed by atoms with Crippen molar-refractivity contribution < 1.29 is 0 Å². The summed E-state index contributed by atoms with van der Waals surface area (Å²) in [6, 6.07) is 0. The smallest absolute Gasteiger partial charge is 0.0339 e. The van der Waals surface area contributed by atoms with Crippen molar-refractivity contribution in [1.82, 2.24) is 5.32 Å². The largest absolute Gasteiger partial charge is 0.385 e. The minimum atomic E-state index is 0.833. The highest BCUT2D eigenvalue weighted by molar-refractivity contribution is 5.41. The van der Waals surface area contributed by atoms with Crippen molar-refractivity contribution in [3.05, 3.63) is 36.1 Å². The van der Waals surface area contributed by atoms with Crippen LogP contribution in [0.4, 0.5) is 0 Å². The maximum atomic E-state index is 4.06. The summed E-state index contributed by atoms with van der Waals surface area (Å²) in [5, 5.41) is 3.39. The standard InChI is InChI=1S/C15H27N/c1-7-14(8-2)10-11-16-13(6)15(9-3)12(4)5/h9,14,16H,4,6-8,10-11H2,1-3,5H3/b15-9+. The summed E-state index contributed by atoms with van der Waals surface area (Å²) in [5.74, 6) is 0.833. The van der Waals surface area contributed by atoms with E-state index in [2.05, 4.69) is 38.4 Å². The van der Waals surface area contributed by atoms with Gasteiger partial charge in [0.15, 0.2) is 0 Å². The first-order valence-electron chi connectivity index (χ1n) is 6.32. The second-order valence-corrected chi connectivity index (χ2v) is 4.36. The number of allylic oxidation sites excluding steroid dienone is 2. The van der Waals surface area contributed by atoms with E-state index in [9.17, 15) is 0 Å². The van der Waals surface area contributed by atoms with Crippen LogP contribution >= 0.6 is 0 Å². The molecule has 0 amide bonds. The Labute approximate surface area is 101 Å². The van der Waals surface area contributed by atoms with Gasteiger partial charge in [-0.3, -0.25) is 0 Å². The second-order valence-electron chi connectivity index (χ2n) is 4.36. The minimum absolute atomic E-state index is 0.833. The Morgan fingerprint density at radius 1 is 1.25 bits per heavy atom. The maximum absolute atomic E-state index is 4.06. The van der Waals surface area contributed by atoms with E-state index in [0.717, 1.165) is 29.3 Å². The molecule has 0 fully saturated rings. The van der Waals surface area contributed by atoms with E-state index in [1.807, 2.05) is 13.8 Å². The molecule has 0 aliphatic heterocycles. The van der Waals surface area contributed by atoms with Crippen LogP contribution in [0, 0.1) is 5.92 Å². The Morgan fingerprint density at radius 3 is 2.19 bits per heavy atom. The molecule has 16 heavy (non-hydrogen) atoms. The molecule has 0 aliphatic carbocycles. The average molecular weight is 221 g/mol. The summed E-state index contributed by atoms with van der Waals surface area (Å²) in [5.41, 5.74) is 3.22. The highest BCUT2D eigenvalue weighted by Crippen LogP contribution is 2.15. The van der Waals surface area contributed by atoms with Crippen LogP contribution in [0.3, 0.4) is 0 Å². The summed E-state index contributed by atoms with van der Waals surface area (Å²) in [6.07, 6.45) is 5.82. The molecule has 0 bridgehead atoms. The van der Waals surface area contributed by atoms with E-state index in [1.165, 1.54) is 19.3 Å². The predicted octanol–water partition coefficient (Wildman–Crippen LogP) is 4.44. The monoisotopic (exact) mass is 221 g/mol. The number of hydrogen-bond acceptors (Lipinski definition) is 1. The summed E-state index contributed by atoms with van der Waals surface area (Å²) in [7, 11) is 0. The lowest BCUT2D eigenvalue weighted by molar-refractivity contribution is 0.449. The van der Waals surface area contributed by atoms with Crippen molar-refractivity contribution in [3.8, 4) is 0 Å². The van der Waals surface area contributed by atoms with E-state index in [-0.39, 0.29) is 0 Å². The molecule has 1 heteroatoms. The molecule has 0 rings (SSSR count). The minimum Gasteiger partial charge on any atom is -0.385 e. The molecule has 0 unspecified atom stereocenters. The highest BCUT2D eigenvalue weighted by atomic mass is 14.9. The molecule has 92 valence electrons. The summed E-state index contributed by atoms with van der Waals surface area (Å²) in [4.78, 5) is 0. The lowest BCUT2D eigenvalue weighted by atomic mass is 9.99. The van der Waals surface area contributed by atoms with Gasteiger partial charge in [0.05, 0.1) is 0 Å². The fourth-order valence-electron chi connectivity index (χ4n) is 1.90. The van der Waals surface area contributed by atoms with Crippen molar-refractivity contribution in [3.63, 3.8) is 0 Å². The van der Waals surface area contributed by atoms with Gasteiger partial charge in [0.1, 0.15) is 0 Å². The number of rotatable bonds is 8. The molecular formula is C15H27N. The molecule has 0 aromatic rings. The van der Waals surface area contributed by atoms with Crippen molar-refractivity contribution in [2.24, 2.45) is 5.92 Å². The molecule has 0 saturated carbocycles. The zero-order valence-electron chi connectivity index (χ0n) is 11.4. The van der Waals surface area contributed by atoms with E-state index in [0.29, 0.717) is 0 Å². The van der Waals surface area contributed by atoms with E-state index in [4.69, 9.17) is 0 Å². The first kappa shape index (κ1) is 15.0. The zero-order valence-corrected chi connectivity index (χ0v) is 11.4. The van der Waals surface area contributed by atoms with E-state index in [1.54, 1.807) is 0 Å². The van der Waals surface area contributed by atoms with Gasteiger partial charge in [-0.25, -0.2) is 0 Å². The SMILES string of the molecule is C=C(C)/C(=C\C)C(=C)NCCC(CC)CC. The average Bonchev–Trinajstić information content (AvgIpc) is 2.25. The zero-order chi connectivity index (χ0) is 12.6. The van der Waals surface area contributed by atoms with Crippen molar-refractivity contribution in [2.75, 3.05) is 6.54 Å². The molecule has 0 aliphatic rings. The molecule has 1 nitrogen and oxygen atoms in total. The molecule has 0 aromatic carbocycles. The third kappa shape index (κ3) is 5.20. The Kier molecular flexibility index (Phi) is 7.70. The van der Waals surface area contributed by atoms with Crippen LogP contribution in [0.2, 0.25) is 0 Å². The van der Waals surface area contributed by atoms with Gasteiger partial charge >= 0.3 is 0 Å². The van der Waals surface area contributed by atoms with Gasteiger partial charge < -0.3 is 5.32 Å². The highest BCUT2D eigenvalue weighted by Gasteiger charge is 2.05. The van der Waals surface area contributed by atoms with Gasteiger partial charge in [-0.2, -0.15) is 0 Å². The van der Waals surface area contributed by atoms with E-state index < -0.39 is 0 Å². The van der Waals surface area contributed by atoms with E-state index >= 15 is 0 Å². The molecule has 0 spiro atoms. The topological polar surface area (TPSA) is 12.0 Å². The first-order chi connectivity index (χ1) is 7.56. The summed E-state index contributed by atoms with van der Waals surface area (Å²) < 4.78 is 0. The molecule has 0 aromatic heterocycles. The fraction of sp³-hybridized carbons (Fsp3) is 0.600. The predicted molar refractivity (Wildman–Crippen MR) is 74.4 cm³/mol. The molecule has 0 atom stereocenters. The van der Waals surface area contributed by atoms with Crippen molar-refractivity contribution in [2.45, 2.75) is 47.0 Å². The first-order valence-corrected chi connectivity index (χ1v) is 6.32. The van der Waals surface area contributed by atoms with Crippen LogP contribution in [0.1, 0.15) is 47.0 Å². The second kappa shape index (κ2) is 8.20. The van der Waals surface area contributed by atoms with Crippen LogP contribution in [0.25, 0.3) is 0 Å². The van der Waals surface area contributed by atoms with Crippen LogP contribution < -0.4 is 5.32 Å². The molecular weight excluding hydrogens is 194 g/mol. The molecule has 0 heterocycles. The lowest BCUT2D eigenvalue weighted by Gasteiger charge is -2.16. The van der Waals surface area contributed by atoms with Crippen molar-refractivity contribution in [1.29, 1.82) is 0 Å². The van der Waals surface area contributed by atoms with Gasteiger partial charge in [-0.15, -0.1) is 0 Å². The van der Waals surface area contributed by atoms with Crippen LogP contribution in [-0.2, 0) is 0 Å². The van der Waals surface area contributed by atoms with Crippen molar-refractivity contribution >= 4 is 0 Å². The van der Waals surface area contributed by atoms with Crippen LogP contribution in [-0.4, -0.2) is 6.54 Å². The lowest BCUT2D eigenvalue weighted by Crippen LogP contribution is -2.18. The fourth-order valence-corrected chi connectivity index (χ4v) is 1.90. The summed E-state index contributed by atoms with van der Waals surface area (Å²) >= 11 is 0. The van der Waals surface area contributed by atoms with Gasteiger partial charge in [0.2, 0.25) is 0 Å². The Morgan fingerprint density at radius 2 is 1.81 bits per heavy atom. The molecule has 0 radical (unpaired) electrons. The summed E-state index contributed by atoms with van der Waals surface area (Å²) in [6.45, 7) is 17.6. The van der Waals surface area contributed by atoms with Gasteiger partial charge in [-0.05, 0) is 37.3 Å². The van der Waals surface area contributed by atoms with Gasteiger partial charge in [0.25, 0.3) is 0 Å².